The van der Waals surface area contributed by atoms with Crippen molar-refractivity contribution in [2.24, 2.45) is 0 Å². The summed E-state index contributed by atoms with van der Waals surface area (Å²) in [5.41, 5.74) is 1.77. The molecule has 3 rings (SSSR count). The summed E-state index contributed by atoms with van der Waals surface area (Å²) in [6.07, 6.45) is 9.94. The number of ether oxygens (including phenoxy) is 1. The van der Waals surface area contributed by atoms with E-state index in [2.05, 4.69) is 17.2 Å². The highest BCUT2D eigenvalue weighted by molar-refractivity contribution is 7.90. The van der Waals surface area contributed by atoms with Crippen molar-refractivity contribution in [3.8, 4) is 0 Å². The lowest BCUT2D eigenvalue weighted by Crippen LogP contribution is -2.31. The average Bonchev–Trinajstić information content (AvgIpc) is 3.00. The molecule has 0 unspecified atom stereocenters. The Kier molecular flexibility index (Phi) is 13.6. The van der Waals surface area contributed by atoms with E-state index in [1.807, 2.05) is 16.9 Å². The number of rotatable bonds is 17. The van der Waals surface area contributed by atoms with Crippen LogP contribution in [-0.4, -0.2) is 37.7 Å². The molecule has 0 saturated heterocycles. The first-order valence-corrected chi connectivity index (χ1v) is 16.3. The summed E-state index contributed by atoms with van der Waals surface area (Å²) in [6.45, 7) is 2.54. The molecule has 1 aromatic heterocycles. The van der Waals surface area contributed by atoms with Gasteiger partial charge in [-0.3, -0.25) is 19.4 Å². The summed E-state index contributed by atoms with van der Waals surface area (Å²) < 4.78 is 32.8. The summed E-state index contributed by atoms with van der Waals surface area (Å²) >= 11 is 5.88. The van der Waals surface area contributed by atoms with E-state index in [0.717, 1.165) is 24.8 Å². The lowest BCUT2D eigenvalue weighted by atomic mass is 10.1. The van der Waals surface area contributed by atoms with Crippen molar-refractivity contribution in [3.05, 3.63) is 94.3 Å². The minimum absolute atomic E-state index is 0.0263. The number of nitrogens with zero attached hydrogens (tertiary/aromatic N) is 1. The van der Waals surface area contributed by atoms with Gasteiger partial charge in [-0.05, 0) is 66.9 Å². The molecule has 0 aliphatic heterocycles. The Morgan fingerprint density at radius 2 is 1.47 bits per heavy atom. The standard InChI is InChI=1S/C32H38ClN3O6S/c1-2-3-4-5-6-7-8-9-30(37)42-23-28-17-12-26(22-35-28)32(39)36-43(40,41)29-18-13-25(14-19-29)31(38)34-21-20-24-10-15-27(33)16-11-24/h10-19,22H,2-9,20-21,23H2,1H3,(H,34,38)(H,36,39). The van der Waals surface area contributed by atoms with E-state index in [1.165, 1.54) is 68.3 Å². The Hall–Kier alpha value is -3.76. The Balaban J connectivity index is 1.42. The number of carbonyl (C=O) groups is 3. The fourth-order valence-corrected chi connectivity index (χ4v) is 5.30. The van der Waals surface area contributed by atoms with Crippen molar-refractivity contribution in [1.82, 2.24) is 15.0 Å². The molecule has 0 atom stereocenters. The fourth-order valence-electron chi connectivity index (χ4n) is 4.20. The van der Waals surface area contributed by atoms with Crippen LogP contribution in [0, 0.1) is 0 Å². The Bertz CT molecular complexity index is 1440. The van der Waals surface area contributed by atoms with Gasteiger partial charge in [-0.1, -0.05) is 69.2 Å². The number of carbonyl (C=O) groups excluding carboxylic acids is 3. The number of hydrogen-bond acceptors (Lipinski definition) is 7. The van der Waals surface area contributed by atoms with Crippen molar-refractivity contribution in [1.29, 1.82) is 0 Å². The highest BCUT2D eigenvalue weighted by Gasteiger charge is 2.20. The molecule has 3 aromatic rings. The first-order valence-electron chi connectivity index (χ1n) is 14.5. The van der Waals surface area contributed by atoms with Gasteiger partial charge in [0.25, 0.3) is 21.8 Å². The molecular formula is C32H38ClN3O6S. The summed E-state index contributed by atoms with van der Waals surface area (Å²) in [4.78, 5) is 40.9. The first-order chi connectivity index (χ1) is 20.7. The van der Waals surface area contributed by atoms with E-state index < -0.39 is 15.9 Å². The third-order valence-corrected chi connectivity index (χ3v) is 8.32. The quantitative estimate of drug-likeness (QED) is 0.138. The predicted octanol–water partition coefficient (Wildman–Crippen LogP) is 6.01. The third kappa shape index (κ3) is 11.8. The van der Waals surface area contributed by atoms with Gasteiger partial charge >= 0.3 is 5.97 Å². The van der Waals surface area contributed by atoms with Crippen molar-refractivity contribution in [2.75, 3.05) is 6.54 Å². The molecule has 1 heterocycles. The molecule has 230 valence electrons. The molecule has 0 aliphatic rings. The zero-order valence-electron chi connectivity index (χ0n) is 24.3. The number of sulfonamides is 1. The van der Waals surface area contributed by atoms with Crippen molar-refractivity contribution < 1.29 is 27.5 Å². The third-order valence-electron chi connectivity index (χ3n) is 6.72. The van der Waals surface area contributed by atoms with Crippen LogP contribution in [0.15, 0.2) is 71.8 Å². The summed E-state index contributed by atoms with van der Waals surface area (Å²) in [7, 11) is -4.20. The maximum atomic E-state index is 12.7. The van der Waals surface area contributed by atoms with Crippen molar-refractivity contribution in [3.63, 3.8) is 0 Å². The minimum Gasteiger partial charge on any atom is -0.459 e. The van der Waals surface area contributed by atoms with E-state index in [0.29, 0.717) is 30.1 Å². The van der Waals surface area contributed by atoms with Crippen LogP contribution in [0.1, 0.15) is 90.3 Å². The molecular weight excluding hydrogens is 590 g/mol. The highest BCUT2D eigenvalue weighted by Crippen LogP contribution is 2.14. The van der Waals surface area contributed by atoms with Gasteiger partial charge in [0, 0.05) is 29.7 Å². The maximum absolute atomic E-state index is 12.7. The number of unbranched alkanes of at least 4 members (excludes halogenated alkanes) is 6. The lowest BCUT2D eigenvalue weighted by molar-refractivity contribution is -0.145. The molecule has 11 heteroatoms. The van der Waals surface area contributed by atoms with E-state index in [1.54, 1.807) is 12.1 Å². The summed E-state index contributed by atoms with van der Waals surface area (Å²) in [5, 5.41) is 3.42. The van der Waals surface area contributed by atoms with Crippen LogP contribution < -0.4 is 10.0 Å². The molecule has 43 heavy (non-hydrogen) atoms. The lowest BCUT2D eigenvalue weighted by Gasteiger charge is -2.09. The van der Waals surface area contributed by atoms with Gasteiger partial charge in [0.05, 0.1) is 16.2 Å². The highest BCUT2D eigenvalue weighted by atomic mass is 35.5. The number of nitrogens with one attached hydrogen (secondary N) is 2. The van der Waals surface area contributed by atoms with Gasteiger partial charge in [0.2, 0.25) is 0 Å². The molecule has 9 nitrogen and oxygen atoms in total. The van der Waals surface area contributed by atoms with Gasteiger partial charge in [-0.2, -0.15) is 0 Å². The van der Waals surface area contributed by atoms with Gasteiger partial charge in [-0.15, -0.1) is 0 Å². The number of esters is 1. The summed E-state index contributed by atoms with van der Waals surface area (Å²) in [5.74, 6) is -1.51. The summed E-state index contributed by atoms with van der Waals surface area (Å²) in [6, 6.07) is 15.5. The van der Waals surface area contributed by atoms with Crippen LogP contribution in [0.4, 0.5) is 0 Å². The van der Waals surface area contributed by atoms with Gasteiger partial charge in [0.1, 0.15) is 6.61 Å². The van der Waals surface area contributed by atoms with Gasteiger partial charge in [0.15, 0.2) is 0 Å². The van der Waals surface area contributed by atoms with Crippen LogP contribution in [0.5, 0.6) is 0 Å². The second kappa shape index (κ2) is 17.4. The number of aromatic nitrogens is 1. The predicted molar refractivity (Wildman–Crippen MR) is 165 cm³/mol. The molecule has 0 saturated carbocycles. The first kappa shape index (κ1) is 33.7. The van der Waals surface area contributed by atoms with Crippen molar-refractivity contribution >= 4 is 39.4 Å². The number of halogens is 1. The fraction of sp³-hybridized carbons (Fsp3) is 0.375. The van der Waals surface area contributed by atoms with E-state index >= 15 is 0 Å². The molecule has 2 N–H and O–H groups in total. The number of hydrogen-bond donors (Lipinski definition) is 2. The molecule has 0 bridgehead atoms. The van der Waals surface area contributed by atoms with Crippen molar-refractivity contribution in [2.45, 2.75) is 76.2 Å². The molecule has 0 aliphatic carbocycles. The topological polar surface area (TPSA) is 132 Å². The number of benzene rings is 2. The van der Waals surface area contributed by atoms with Gasteiger partial charge < -0.3 is 10.1 Å². The maximum Gasteiger partial charge on any atom is 0.306 e. The Labute approximate surface area is 258 Å². The molecule has 2 amide bonds. The monoisotopic (exact) mass is 627 g/mol. The molecule has 0 spiro atoms. The molecule has 0 fully saturated rings. The van der Waals surface area contributed by atoms with Gasteiger partial charge in [-0.25, -0.2) is 13.1 Å². The second-order valence-electron chi connectivity index (χ2n) is 10.2. The number of pyridine rings is 1. The SMILES string of the molecule is CCCCCCCCCC(=O)OCc1ccc(C(=O)NS(=O)(=O)c2ccc(C(=O)NCCc3ccc(Cl)cc3)cc2)cn1. The van der Waals surface area contributed by atoms with Crippen LogP contribution in [0.25, 0.3) is 0 Å². The zero-order valence-corrected chi connectivity index (χ0v) is 25.9. The van der Waals surface area contributed by atoms with Crippen LogP contribution in [-0.2, 0) is 32.6 Å². The van der Waals surface area contributed by atoms with Crippen LogP contribution in [0.3, 0.4) is 0 Å². The zero-order chi connectivity index (χ0) is 31.1. The van der Waals surface area contributed by atoms with Crippen LogP contribution >= 0.6 is 11.6 Å². The molecule has 0 radical (unpaired) electrons. The molecule has 2 aromatic carbocycles. The second-order valence-corrected chi connectivity index (χ2v) is 12.3. The Morgan fingerprint density at radius 1 is 0.814 bits per heavy atom. The van der Waals surface area contributed by atoms with Crippen LogP contribution in [0.2, 0.25) is 5.02 Å². The van der Waals surface area contributed by atoms with E-state index in [-0.39, 0.29) is 34.5 Å². The normalized spacial score (nSPS) is 11.1. The van der Waals surface area contributed by atoms with E-state index in [9.17, 15) is 22.8 Å². The number of amides is 2. The smallest absolute Gasteiger partial charge is 0.306 e. The Morgan fingerprint density at radius 3 is 2.12 bits per heavy atom. The minimum atomic E-state index is -4.20. The average molecular weight is 628 g/mol. The largest absolute Gasteiger partial charge is 0.459 e. The van der Waals surface area contributed by atoms with E-state index in [4.69, 9.17) is 16.3 Å².